The molecule has 7 nitrogen and oxygen atoms in total. The van der Waals surface area contributed by atoms with Crippen molar-refractivity contribution in [3.05, 3.63) is 18.2 Å². The van der Waals surface area contributed by atoms with Crippen LogP contribution in [-0.2, 0) is 9.59 Å². The molecule has 0 unspecified atom stereocenters. The summed E-state index contributed by atoms with van der Waals surface area (Å²) in [6, 6.07) is 4.94. The molecule has 1 aliphatic rings. The van der Waals surface area contributed by atoms with Crippen molar-refractivity contribution in [3.63, 3.8) is 0 Å². The van der Waals surface area contributed by atoms with Gasteiger partial charge in [-0.25, -0.2) is 0 Å². The highest BCUT2D eigenvalue weighted by Crippen LogP contribution is 2.28. The van der Waals surface area contributed by atoms with Crippen molar-refractivity contribution in [1.82, 2.24) is 10.2 Å². The molecule has 1 aromatic rings. The molecule has 24 heavy (non-hydrogen) atoms. The van der Waals surface area contributed by atoms with E-state index in [0.29, 0.717) is 36.7 Å². The monoisotopic (exact) mass is 335 g/mol. The topological polar surface area (TPSA) is 79.9 Å². The molecule has 0 spiro atoms. The maximum absolute atomic E-state index is 12.4. The molecule has 0 aliphatic carbocycles. The molecule has 1 aliphatic heterocycles. The molecule has 0 radical (unpaired) electrons. The van der Waals surface area contributed by atoms with Gasteiger partial charge in [-0.1, -0.05) is 6.92 Å². The van der Waals surface area contributed by atoms with Gasteiger partial charge in [0.05, 0.1) is 32.5 Å². The standard InChI is InChI=1S/C17H25N3O4/c1-4-14-17(22)18-8-5-9-20(14)11-16(21)19-13-10-12(23-2)6-7-15(13)24-3/h6-7,10,14H,4-5,8-9,11H2,1-3H3,(H,18,22)(H,19,21)/t14-/m1/s1. The minimum Gasteiger partial charge on any atom is -0.497 e. The first-order valence-corrected chi connectivity index (χ1v) is 8.12. The zero-order chi connectivity index (χ0) is 17.5. The molecule has 0 aromatic heterocycles. The Bertz CT molecular complexity index is 591. The van der Waals surface area contributed by atoms with E-state index in [9.17, 15) is 9.59 Å². The number of hydrogen-bond donors (Lipinski definition) is 2. The number of ether oxygens (including phenoxy) is 2. The summed E-state index contributed by atoms with van der Waals surface area (Å²) in [6.07, 6.45) is 1.50. The van der Waals surface area contributed by atoms with Crippen molar-refractivity contribution in [2.24, 2.45) is 0 Å². The van der Waals surface area contributed by atoms with Crippen molar-refractivity contribution in [1.29, 1.82) is 0 Å². The fraction of sp³-hybridized carbons (Fsp3) is 0.529. The minimum absolute atomic E-state index is 0.0123. The normalized spacial score (nSPS) is 18.5. The van der Waals surface area contributed by atoms with Gasteiger partial charge >= 0.3 is 0 Å². The number of amides is 2. The lowest BCUT2D eigenvalue weighted by molar-refractivity contribution is -0.126. The average molecular weight is 335 g/mol. The van der Waals surface area contributed by atoms with E-state index in [1.54, 1.807) is 32.4 Å². The second-order valence-electron chi connectivity index (χ2n) is 5.65. The van der Waals surface area contributed by atoms with Gasteiger partial charge in [0, 0.05) is 19.2 Å². The Morgan fingerprint density at radius 1 is 1.38 bits per heavy atom. The number of benzene rings is 1. The zero-order valence-corrected chi connectivity index (χ0v) is 14.4. The predicted octanol–water partition coefficient (Wildman–Crippen LogP) is 1.24. The number of rotatable bonds is 6. The van der Waals surface area contributed by atoms with E-state index >= 15 is 0 Å². The van der Waals surface area contributed by atoms with Gasteiger partial charge in [-0.2, -0.15) is 0 Å². The number of nitrogens with zero attached hydrogens (tertiary/aromatic N) is 1. The highest BCUT2D eigenvalue weighted by molar-refractivity contribution is 5.94. The fourth-order valence-corrected chi connectivity index (χ4v) is 2.85. The molecule has 7 heteroatoms. The maximum atomic E-state index is 12.4. The van der Waals surface area contributed by atoms with Gasteiger partial charge in [0.25, 0.3) is 0 Å². The number of nitrogens with one attached hydrogen (secondary N) is 2. The lowest BCUT2D eigenvalue weighted by atomic mass is 10.1. The van der Waals surface area contributed by atoms with Gasteiger partial charge in [0.15, 0.2) is 0 Å². The Morgan fingerprint density at radius 2 is 2.17 bits per heavy atom. The Hall–Kier alpha value is -2.28. The number of methoxy groups -OCH3 is 2. The van der Waals surface area contributed by atoms with Crippen LogP contribution >= 0.6 is 0 Å². The highest BCUT2D eigenvalue weighted by Gasteiger charge is 2.28. The summed E-state index contributed by atoms with van der Waals surface area (Å²) in [5.74, 6) is 0.993. The Balaban J connectivity index is 2.08. The first-order chi connectivity index (χ1) is 11.6. The lowest BCUT2D eigenvalue weighted by Gasteiger charge is -2.26. The van der Waals surface area contributed by atoms with E-state index in [4.69, 9.17) is 9.47 Å². The summed E-state index contributed by atoms with van der Waals surface area (Å²) in [4.78, 5) is 26.4. The molecule has 1 saturated heterocycles. The average Bonchev–Trinajstić information content (AvgIpc) is 2.75. The summed E-state index contributed by atoms with van der Waals surface area (Å²) in [5, 5.41) is 5.73. The van der Waals surface area contributed by atoms with E-state index in [-0.39, 0.29) is 24.4 Å². The molecular weight excluding hydrogens is 310 g/mol. The van der Waals surface area contributed by atoms with Crippen LogP contribution in [0, 0.1) is 0 Å². The molecule has 1 atom stereocenters. The SMILES string of the molecule is CC[C@@H]1C(=O)NCCCN1CC(=O)Nc1cc(OC)ccc1OC. The van der Waals surface area contributed by atoms with Gasteiger partial charge < -0.3 is 20.1 Å². The van der Waals surface area contributed by atoms with Crippen LogP contribution in [0.1, 0.15) is 19.8 Å². The van der Waals surface area contributed by atoms with E-state index in [1.165, 1.54) is 0 Å². The van der Waals surface area contributed by atoms with Crippen molar-refractivity contribution < 1.29 is 19.1 Å². The first kappa shape index (κ1) is 18.1. The van der Waals surface area contributed by atoms with Crippen molar-refractivity contribution >= 4 is 17.5 Å². The lowest BCUT2D eigenvalue weighted by Crippen LogP contribution is -2.46. The van der Waals surface area contributed by atoms with E-state index in [1.807, 2.05) is 11.8 Å². The summed E-state index contributed by atoms with van der Waals surface area (Å²) >= 11 is 0. The first-order valence-electron chi connectivity index (χ1n) is 8.12. The van der Waals surface area contributed by atoms with Crippen LogP contribution in [0.2, 0.25) is 0 Å². The van der Waals surface area contributed by atoms with Crippen LogP contribution in [0.5, 0.6) is 11.5 Å². The van der Waals surface area contributed by atoms with Gasteiger partial charge in [-0.15, -0.1) is 0 Å². The molecule has 0 saturated carbocycles. The zero-order valence-electron chi connectivity index (χ0n) is 14.4. The predicted molar refractivity (Wildman–Crippen MR) is 91.5 cm³/mol. The molecule has 132 valence electrons. The summed E-state index contributed by atoms with van der Waals surface area (Å²) in [7, 11) is 3.11. The van der Waals surface area contributed by atoms with E-state index in [2.05, 4.69) is 10.6 Å². The maximum Gasteiger partial charge on any atom is 0.238 e. The molecule has 1 heterocycles. The van der Waals surface area contributed by atoms with Crippen molar-refractivity contribution in [2.75, 3.05) is 39.2 Å². The van der Waals surface area contributed by atoms with E-state index < -0.39 is 0 Å². The number of anilines is 1. The van der Waals surface area contributed by atoms with Gasteiger partial charge in [0.1, 0.15) is 11.5 Å². The van der Waals surface area contributed by atoms with Crippen LogP contribution in [-0.4, -0.2) is 56.6 Å². The fourth-order valence-electron chi connectivity index (χ4n) is 2.85. The van der Waals surface area contributed by atoms with Gasteiger partial charge in [-0.3, -0.25) is 14.5 Å². The van der Waals surface area contributed by atoms with Crippen LogP contribution in [0.3, 0.4) is 0 Å². The highest BCUT2D eigenvalue weighted by atomic mass is 16.5. The van der Waals surface area contributed by atoms with Gasteiger partial charge in [-0.05, 0) is 25.0 Å². The summed E-state index contributed by atoms with van der Waals surface area (Å²) in [5.41, 5.74) is 0.550. The molecule has 0 bridgehead atoms. The molecule has 1 aromatic carbocycles. The minimum atomic E-state index is -0.273. The van der Waals surface area contributed by atoms with Crippen LogP contribution in [0.4, 0.5) is 5.69 Å². The Labute approximate surface area is 142 Å². The Kier molecular flexibility index (Phi) is 6.43. The van der Waals surface area contributed by atoms with Crippen LogP contribution in [0.25, 0.3) is 0 Å². The third kappa shape index (κ3) is 4.38. The van der Waals surface area contributed by atoms with Crippen molar-refractivity contribution in [3.8, 4) is 11.5 Å². The van der Waals surface area contributed by atoms with Crippen LogP contribution in [0.15, 0.2) is 18.2 Å². The number of carbonyl (C=O) groups excluding carboxylic acids is 2. The van der Waals surface area contributed by atoms with E-state index in [0.717, 1.165) is 6.42 Å². The third-order valence-corrected chi connectivity index (χ3v) is 4.08. The summed E-state index contributed by atoms with van der Waals surface area (Å²) < 4.78 is 10.4. The summed E-state index contributed by atoms with van der Waals surface area (Å²) in [6.45, 7) is 3.47. The molecular formula is C17H25N3O4. The van der Waals surface area contributed by atoms with Crippen molar-refractivity contribution in [2.45, 2.75) is 25.8 Å². The largest absolute Gasteiger partial charge is 0.497 e. The third-order valence-electron chi connectivity index (χ3n) is 4.08. The molecule has 2 amide bonds. The molecule has 2 N–H and O–H groups in total. The second-order valence-corrected chi connectivity index (χ2v) is 5.65. The second kappa shape index (κ2) is 8.54. The molecule has 2 rings (SSSR count). The smallest absolute Gasteiger partial charge is 0.238 e. The number of hydrogen-bond acceptors (Lipinski definition) is 5. The molecule has 1 fully saturated rings. The van der Waals surface area contributed by atoms with Gasteiger partial charge in [0.2, 0.25) is 11.8 Å². The Morgan fingerprint density at radius 3 is 2.83 bits per heavy atom. The van der Waals surface area contributed by atoms with Crippen LogP contribution < -0.4 is 20.1 Å². The number of carbonyl (C=O) groups is 2. The quantitative estimate of drug-likeness (QED) is 0.818.